The van der Waals surface area contributed by atoms with E-state index in [2.05, 4.69) is 15.4 Å². The van der Waals surface area contributed by atoms with Gasteiger partial charge >= 0.3 is 6.09 Å². The Morgan fingerprint density at radius 1 is 1.38 bits per heavy atom. The lowest BCUT2D eigenvalue weighted by Crippen LogP contribution is -2.27. The van der Waals surface area contributed by atoms with Crippen LogP contribution in [-0.2, 0) is 4.74 Å². The highest BCUT2D eigenvalue weighted by molar-refractivity contribution is 5.83. The summed E-state index contributed by atoms with van der Waals surface area (Å²) in [6, 6.07) is 6.60. The topological polar surface area (TPSA) is 89.0 Å². The number of ether oxygens (including phenoxy) is 1. The van der Waals surface area contributed by atoms with Gasteiger partial charge in [0.05, 0.1) is 0 Å². The highest BCUT2D eigenvalue weighted by Gasteiger charge is 2.17. The van der Waals surface area contributed by atoms with Gasteiger partial charge in [0.25, 0.3) is 5.56 Å². The fourth-order valence-corrected chi connectivity index (χ4v) is 1.70. The summed E-state index contributed by atoms with van der Waals surface area (Å²) in [6.45, 7) is 7.11. The first-order chi connectivity index (χ1) is 9.74. The highest BCUT2D eigenvalue weighted by Crippen LogP contribution is 2.10. The second-order valence-electron chi connectivity index (χ2n) is 5.61. The third kappa shape index (κ3) is 3.95. The minimum absolute atomic E-state index is 0.248. The molecule has 0 spiro atoms. The van der Waals surface area contributed by atoms with Crippen LogP contribution >= 0.6 is 0 Å². The summed E-state index contributed by atoms with van der Waals surface area (Å²) < 4.78 is 6.37. The first-order valence-corrected chi connectivity index (χ1v) is 6.51. The zero-order valence-corrected chi connectivity index (χ0v) is 12.4. The van der Waals surface area contributed by atoms with Crippen molar-refractivity contribution in [3.05, 3.63) is 40.3 Å². The lowest BCUT2D eigenvalue weighted by atomic mass is 10.2. The average Bonchev–Trinajstić information content (AvgIpc) is 2.67. The number of hydrogen-bond acceptors (Lipinski definition) is 4. The molecule has 2 heterocycles. The number of H-pyrrole nitrogens is 1. The third-order valence-electron chi connectivity index (χ3n) is 2.46. The Kier molecular flexibility index (Phi) is 3.84. The molecule has 112 valence electrons. The first kappa shape index (κ1) is 14.8. The summed E-state index contributed by atoms with van der Waals surface area (Å²) >= 11 is 0. The molecular formula is C14H18N4O3. The lowest BCUT2D eigenvalue weighted by molar-refractivity contribution is 0.0635. The number of pyridine rings is 1. The zero-order valence-electron chi connectivity index (χ0n) is 12.4. The molecule has 2 aromatic heterocycles. The van der Waals surface area contributed by atoms with E-state index >= 15 is 0 Å². The van der Waals surface area contributed by atoms with Gasteiger partial charge in [-0.2, -0.15) is 4.68 Å². The average molecular weight is 290 g/mol. The summed E-state index contributed by atoms with van der Waals surface area (Å²) in [5, 5.41) is 5.25. The Balaban J connectivity index is 2.20. The van der Waals surface area contributed by atoms with Crippen molar-refractivity contribution in [1.29, 1.82) is 0 Å². The van der Waals surface area contributed by atoms with Crippen molar-refractivity contribution in [3.8, 4) is 5.82 Å². The van der Waals surface area contributed by atoms with Gasteiger partial charge in [0.15, 0.2) is 5.82 Å². The first-order valence-electron chi connectivity index (χ1n) is 6.51. The van der Waals surface area contributed by atoms with Crippen LogP contribution in [0.2, 0.25) is 0 Å². The van der Waals surface area contributed by atoms with E-state index in [9.17, 15) is 9.59 Å². The number of aromatic amines is 1. The van der Waals surface area contributed by atoms with E-state index in [4.69, 9.17) is 4.74 Å². The molecule has 7 heteroatoms. The summed E-state index contributed by atoms with van der Waals surface area (Å²) in [4.78, 5) is 27.8. The third-order valence-corrected chi connectivity index (χ3v) is 2.46. The van der Waals surface area contributed by atoms with Crippen molar-refractivity contribution >= 4 is 11.9 Å². The van der Waals surface area contributed by atoms with Crippen molar-refractivity contribution in [2.75, 3.05) is 5.32 Å². The molecule has 2 N–H and O–H groups in total. The minimum atomic E-state index is -0.631. The number of nitrogens with zero attached hydrogens (tertiary/aromatic N) is 2. The number of amides is 1. The largest absolute Gasteiger partial charge is 0.444 e. The Hall–Kier alpha value is -2.57. The van der Waals surface area contributed by atoms with Crippen molar-refractivity contribution in [1.82, 2.24) is 14.8 Å². The number of anilines is 1. The van der Waals surface area contributed by atoms with Gasteiger partial charge in [-0.1, -0.05) is 6.07 Å². The maximum absolute atomic E-state index is 11.9. The molecule has 21 heavy (non-hydrogen) atoms. The molecule has 0 radical (unpaired) electrons. The highest BCUT2D eigenvalue weighted by atomic mass is 16.6. The summed E-state index contributed by atoms with van der Waals surface area (Å²) in [6.07, 6.45) is -0.631. The number of aryl methyl sites for hydroxylation is 1. The SMILES string of the molecule is Cc1cccc(-n2[nH]c(NC(=O)OC(C)(C)C)cc2=O)n1. The fourth-order valence-electron chi connectivity index (χ4n) is 1.70. The summed E-state index contributed by atoms with van der Waals surface area (Å²) in [5.41, 5.74) is -0.139. The predicted octanol–water partition coefficient (Wildman–Crippen LogP) is 2.22. The second kappa shape index (κ2) is 5.43. The van der Waals surface area contributed by atoms with Gasteiger partial charge in [0, 0.05) is 11.8 Å². The molecule has 2 rings (SSSR count). The predicted molar refractivity (Wildman–Crippen MR) is 78.8 cm³/mol. The Bertz CT molecular complexity index is 709. The van der Waals surface area contributed by atoms with Crippen LogP contribution in [0.15, 0.2) is 29.1 Å². The lowest BCUT2D eigenvalue weighted by Gasteiger charge is -2.19. The van der Waals surface area contributed by atoms with Crippen LogP contribution in [0.4, 0.5) is 10.6 Å². The molecule has 2 aromatic rings. The maximum atomic E-state index is 11.9. The number of nitrogens with one attached hydrogen (secondary N) is 2. The van der Waals surface area contributed by atoms with Crippen LogP contribution < -0.4 is 10.9 Å². The Morgan fingerprint density at radius 2 is 2.10 bits per heavy atom. The van der Waals surface area contributed by atoms with E-state index < -0.39 is 11.7 Å². The van der Waals surface area contributed by atoms with E-state index in [1.54, 1.807) is 32.9 Å². The normalized spacial score (nSPS) is 11.2. The summed E-state index contributed by atoms with van der Waals surface area (Å²) in [5.74, 6) is 0.704. The van der Waals surface area contributed by atoms with Gasteiger partial charge < -0.3 is 4.74 Å². The molecule has 0 atom stereocenters. The molecule has 0 aliphatic heterocycles. The molecule has 0 aliphatic carbocycles. The number of aromatic nitrogens is 3. The van der Waals surface area contributed by atoms with Gasteiger partial charge in [0.1, 0.15) is 11.4 Å². The monoisotopic (exact) mass is 290 g/mol. The van der Waals surface area contributed by atoms with Crippen molar-refractivity contribution in [2.45, 2.75) is 33.3 Å². The second-order valence-corrected chi connectivity index (χ2v) is 5.61. The number of carbonyl (C=O) groups is 1. The van der Waals surface area contributed by atoms with Crippen LogP contribution in [0, 0.1) is 6.92 Å². The van der Waals surface area contributed by atoms with Crippen LogP contribution in [0.3, 0.4) is 0 Å². The minimum Gasteiger partial charge on any atom is -0.444 e. The van der Waals surface area contributed by atoms with E-state index in [0.717, 1.165) is 5.69 Å². The van der Waals surface area contributed by atoms with Gasteiger partial charge in [-0.15, -0.1) is 0 Å². The van der Waals surface area contributed by atoms with E-state index in [1.165, 1.54) is 10.7 Å². The van der Waals surface area contributed by atoms with Crippen molar-refractivity contribution in [2.24, 2.45) is 0 Å². The molecule has 1 amide bonds. The standard InChI is InChI=1S/C14H18N4O3/c1-9-6-5-7-11(15-9)18-12(19)8-10(17-18)16-13(20)21-14(2,3)4/h5-8,17H,1-4H3,(H,16,20). The molecule has 0 fully saturated rings. The zero-order chi connectivity index (χ0) is 15.6. The summed E-state index contributed by atoms with van der Waals surface area (Å²) in [7, 11) is 0. The molecule has 0 aliphatic rings. The number of hydrogen-bond donors (Lipinski definition) is 2. The molecule has 7 nitrogen and oxygen atoms in total. The van der Waals surface area contributed by atoms with Crippen molar-refractivity contribution in [3.63, 3.8) is 0 Å². The molecule has 0 bridgehead atoms. The number of carbonyl (C=O) groups excluding carboxylic acids is 1. The van der Waals surface area contributed by atoms with Crippen LogP contribution in [-0.4, -0.2) is 26.5 Å². The van der Waals surface area contributed by atoms with Crippen LogP contribution in [0.1, 0.15) is 26.5 Å². The smallest absolute Gasteiger partial charge is 0.413 e. The van der Waals surface area contributed by atoms with Gasteiger partial charge in [-0.05, 0) is 39.8 Å². The van der Waals surface area contributed by atoms with Crippen LogP contribution in [0.5, 0.6) is 0 Å². The molecule has 0 saturated carbocycles. The molecule has 0 saturated heterocycles. The van der Waals surface area contributed by atoms with Gasteiger partial charge in [0.2, 0.25) is 0 Å². The van der Waals surface area contributed by atoms with Crippen LogP contribution in [0.25, 0.3) is 5.82 Å². The number of rotatable bonds is 2. The van der Waals surface area contributed by atoms with Gasteiger partial charge in [-0.25, -0.2) is 9.78 Å². The maximum Gasteiger partial charge on any atom is 0.413 e. The Labute approximate surface area is 121 Å². The van der Waals surface area contributed by atoms with Gasteiger partial charge in [-0.3, -0.25) is 15.2 Å². The quantitative estimate of drug-likeness (QED) is 0.887. The van der Waals surface area contributed by atoms with Crippen molar-refractivity contribution < 1.29 is 9.53 Å². The molecule has 0 unspecified atom stereocenters. The van der Waals surface area contributed by atoms with E-state index in [1.807, 2.05) is 13.0 Å². The fraction of sp³-hybridized carbons (Fsp3) is 0.357. The van der Waals surface area contributed by atoms with E-state index in [-0.39, 0.29) is 11.4 Å². The molecule has 0 aromatic carbocycles. The molecular weight excluding hydrogens is 272 g/mol. The Morgan fingerprint density at radius 3 is 2.71 bits per heavy atom. The van der Waals surface area contributed by atoms with E-state index in [0.29, 0.717) is 5.82 Å².